The van der Waals surface area contributed by atoms with Gasteiger partial charge in [-0.1, -0.05) is 0 Å². The van der Waals surface area contributed by atoms with Crippen molar-refractivity contribution in [3.05, 3.63) is 38.7 Å². The van der Waals surface area contributed by atoms with E-state index in [1.807, 2.05) is 10.8 Å². The van der Waals surface area contributed by atoms with Crippen molar-refractivity contribution in [2.75, 3.05) is 12.3 Å². The van der Waals surface area contributed by atoms with Crippen LogP contribution in [0.2, 0.25) is 0 Å². The SMILES string of the molecule is Nc1ccsc1C(=O)NCCc1ccsc1. The van der Waals surface area contributed by atoms with Gasteiger partial charge in [-0.25, -0.2) is 0 Å². The van der Waals surface area contributed by atoms with E-state index >= 15 is 0 Å². The molecule has 2 aromatic rings. The molecule has 0 bridgehead atoms. The van der Waals surface area contributed by atoms with Crippen molar-refractivity contribution in [2.24, 2.45) is 0 Å². The van der Waals surface area contributed by atoms with Crippen molar-refractivity contribution >= 4 is 34.3 Å². The van der Waals surface area contributed by atoms with Gasteiger partial charge in [0.25, 0.3) is 5.91 Å². The number of nitrogens with two attached hydrogens (primary N) is 1. The molecule has 0 spiro atoms. The van der Waals surface area contributed by atoms with Gasteiger partial charge in [-0.05, 0) is 40.3 Å². The minimum absolute atomic E-state index is 0.0808. The first-order valence-corrected chi connectivity index (χ1v) is 6.72. The molecule has 0 aliphatic carbocycles. The van der Waals surface area contributed by atoms with Gasteiger partial charge in [0.1, 0.15) is 4.88 Å². The van der Waals surface area contributed by atoms with Crippen LogP contribution in [-0.2, 0) is 6.42 Å². The van der Waals surface area contributed by atoms with E-state index in [4.69, 9.17) is 5.73 Å². The number of rotatable bonds is 4. The van der Waals surface area contributed by atoms with E-state index in [2.05, 4.69) is 16.8 Å². The normalized spacial score (nSPS) is 10.2. The molecule has 2 heterocycles. The Morgan fingerprint density at radius 3 is 2.88 bits per heavy atom. The molecule has 5 heteroatoms. The molecular weight excluding hydrogens is 240 g/mol. The highest BCUT2D eigenvalue weighted by Crippen LogP contribution is 2.18. The molecule has 0 saturated carbocycles. The number of hydrogen-bond donors (Lipinski definition) is 2. The first-order valence-electron chi connectivity index (χ1n) is 4.89. The van der Waals surface area contributed by atoms with Crippen molar-refractivity contribution in [1.82, 2.24) is 5.32 Å². The molecule has 0 unspecified atom stereocenters. The number of carbonyl (C=O) groups excluding carboxylic acids is 1. The fourth-order valence-corrected chi connectivity index (χ4v) is 2.78. The summed E-state index contributed by atoms with van der Waals surface area (Å²) in [5, 5.41) is 8.81. The van der Waals surface area contributed by atoms with Gasteiger partial charge >= 0.3 is 0 Å². The highest BCUT2D eigenvalue weighted by Gasteiger charge is 2.09. The van der Waals surface area contributed by atoms with Crippen LogP contribution >= 0.6 is 22.7 Å². The van der Waals surface area contributed by atoms with Gasteiger partial charge in [-0.15, -0.1) is 11.3 Å². The molecule has 0 aliphatic rings. The smallest absolute Gasteiger partial charge is 0.263 e. The number of carbonyl (C=O) groups is 1. The molecule has 84 valence electrons. The Morgan fingerprint density at radius 1 is 1.38 bits per heavy atom. The van der Waals surface area contributed by atoms with E-state index in [0.717, 1.165) is 6.42 Å². The summed E-state index contributed by atoms with van der Waals surface area (Å²) in [5.74, 6) is -0.0808. The van der Waals surface area contributed by atoms with E-state index in [1.165, 1.54) is 16.9 Å². The van der Waals surface area contributed by atoms with Crippen molar-refractivity contribution in [1.29, 1.82) is 0 Å². The lowest BCUT2D eigenvalue weighted by Crippen LogP contribution is -2.25. The lowest BCUT2D eigenvalue weighted by atomic mass is 10.2. The Bertz CT molecular complexity index is 462. The van der Waals surface area contributed by atoms with Crippen LogP contribution < -0.4 is 11.1 Å². The largest absolute Gasteiger partial charge is 0.397 e. The highest BCUT2D eigenvalue weighted by atomic mass is 32.1. The number of nitrogens with one attached hydrogen (secondary N) is 1. The second-order valence-electron chi connectivity index (χ2n) is 3.34. The van der Waals surface area contributed by atoms with Gasteiger partial charge in [0.05, 0.1) is 5.69 Å². The number of anilines is 1. The van der Waals surface area contributed by atoms with E-state index < -0.39 is 0 Å². The summed E-state index contributed by atoms with van der Waals surface area (Å²) < 4.78 is 0. The Balaban J connectivity index is 1.83. The predicted octanol–water partition coefficient (Wildman–Crippen LogP) is 2.36. The molecule has 3 nitrogen and oxygen atoms in total. The topological polar surface area (TPSA) is 55.1 Å². The highest BCUT2D eigenvalue weighted by molar-refractivity contribution is 7.12. The molecule has 0 saturated heterocycles. The molecule has 0 fully saturated rings. The molecule has 0 aromatic carbocycles. The summed E-state index contributed by atoms with van der Waals surface area (Å²) in [6.45, 7) is 0.646. The van der Waals surface area contributed by atoms with E-state index in [0.29, 0.717) is 17.1 Å². The number of amides is 1. The number of nitrogen functional groups attached to an aromatic ring is 1. The van der Waals surface area contributed by atoms with Gasteiger partial charge in [-0.3, -0.25) is 4.79 Å². The predicted molar refractivity (Wildman–Crippen MR) is 69.1 cm³/mol. The summed E-state index contributed by atoms with van der Waals surface area (Å²) in [6.07, 6.45) is 0.862. The van der Waals surface area contributed by atoms with Crippen LogP contribution in [0.1, 0.15) is 15.2 Å². The zero-order valence-corrected chi connectivity index (χ0v) is 10.2. The minimum Gasteiger partial charge on any atom is -0.397 e. The van der Waals surface area contributed by atoms with Gasteiger partial charge in [0, 0.05) is 6.54 Å². The van der Waals surface area contributed by atoms with Crippen LogP contribution in [0.3, 0.4) is 0 Å². The van der Waals surface area contributed by atoms with Crippen molar-refractivity contribution in [3.63, 3.8) is 0 Å². The molecule has 16 heavy (non-hydrogen) atoms. The second kappa shape index (κ2) is 5.14. The zero-order valence-electron chi connectivity index (χ0n) is 8.60. The van der Waals surface area contributed by atoms with Crippen LogP contribution in [0, 0.1) is 0 Å². The molecule has 0 aliphatic heterocycles. The molecule has 1 amide bonds. The summed E-state index contributed by atoms with van der Waals surface area (Å²) in [4.78, 5) is 12.3. The zero-order chi connectivity index (χ0) is 11.4. The lowest BCUT2D eigenvalue weighted by molar-refractivity contribution is 0.0959. The molecule has 2 rings (SSSR count). The molecule has 3 N–H and O–H groups in total. The number of hydrogen-bond acceptors (Lipinski definition) is 4. The third-order valence-electron chi connectivity index (χ3n) is 2.18. The van der Waals surface area contributed by atoms with Gasteiger partial charge in [0.2, 0.25) is 0 Å². The van der Waals surface area contributed by atoms with Crippen molar-refractivity contribution in [2.45, 2.75) is 6.42 Å². The average Bonchev–Trinajstić information content (AvgIpc) is 2.88. The maximum Gasteiger partial charge on any atom is 0.263 e. The van der Waals surface area contributed by atoms with Gasteiger partial charge in [0.15, 0.2) is 0 Å². The molecule has 0 atom stereocenters. The summed E-state index contributed by atoms with van der Waals surface area (Å²) >= 11 is 3.04. The van der Waals surface area contributed by atoms with Crippen LogP contribution in [0.15, 0.2) is 28.3 Å². The summed E-state index contributed by atoms with van der Waals surface area (Å²) in [5.41, 5.74) is 7.47. The van der Waals surface area contributed by atoms with Crippen molar-refractivity contribution in [3.8, 4) is 0 Å². The minimum atomic E-state index is -0.0808. The second-order valence-corrected chi connectivity index (χ2v) is 5.04. The van der Waals surface area contributed by atoms with Crippen LogP contribution in [0.5, 0.6) is 0 Å². The maximum atomic E-state index is 11.7. The Hall–Kier alpha value is -1.33. The Kier molecular flexibility index (Phi) is 3.58. The average molecular weight is 252 g/mol. The fraction of sp³-hybridized carbons (Fsp3) is 0.182. The van der Waals surface area contributed by atoms with Crippen LogP contribution in [0.4, 0.5) is 5.69 Å². The quantitative estimate of drug-likeness (QED) is 0.877. The summed E-state index contributed by atoms with van der Waals surface area (Å²) in [7, 11) is 0. The van der Waals surface area contributed by atoms with E-state index in [9.17, 15) is 4.79 Å². The Morgan fingerprint density at radius 2 is 2.25 bits per heavy atom. The first kappa shape index (κ1) is 11.2. The third kappa shape index (κ3) is 2.62. The fourth-order valence-electron chi connectivity index (χ4n) is 1.34. The van der Waals surface area contributed by atoms with Crippen LogP contribution in [0.25, 0.3) is 0 Å². The molecule has 2 aromatic heterocycles. The molecule has 0 radical (unpaired) electrons. The lowest BCUT2D eigenvalue weighted by Gasteiger charge is -2.03. The summed E-state index contributed by atoms with van der Waals surface area (Å²) in [6, 6.07) is 3.81. The van der Waals surface area contributed by atoms with E-state index in [-0.39, 0.29) is 5.91 Å². The number of thiophene rings is 2. The molecular formula is C11H12N2OS2. The van der Waals surface area contributed by atoms with Gasteiger partial charge < -0.3 is 11.1 Å². The Labute approximate surface area is 102 Å². The monoisotopic (exact) mass is 252 g/mol. The van der Waals surface area contributed by atoms with E-state index in [1.54, 1.807) is 17.4 Å². The third-order valence-corrected chi connectivity index (χ3v) is 3.84. The van der Waals surface area contributed by atoms with Crippen LogP contribution in [-0.4, -0.2) is 12.5 Å². The standard InChI is InChI=1S/C11H12N2OS2/c12-9-3-6-16-10(9)11(14)13-4-1-8-2-5-15-7-8/h2-3,5-7H,1,4,12H2,(H,13,14). The van der Waals surface area contributed by atoms with Gasteiger partial charge in [-0.2, -0.15) is 11.3 Å². The maximum absolute atomic E-state index is 11.7. The first-order chi connectivity index (χ1) is 7.77. The van der Waals surface area contributed by atoms with Crippen molar-refractivity contribution < 1.29 is 4.79 Å².